The van der Waals surface area contributed by atoms with Gasteiger partial charge in [-0.15, -0.1) is 0 Å². The van der Waals surface area contributed by atoms with Crippen LogP contribution in [0.5, 0.6) is 5.75 Å². The summed E-state index contributed by atoms with van der Waals surface area (Å²) in [6.45, 7) is 5.20. The molecular formula is C22H25N3O. The van der Waals surface area contributed by atoms with Gasteiger partial charge in [-0.2, -0.15) is 5.10 Å². The third kappa shape index (κ3) is 3.65. The van der Waals surface area contributed by atoms with Crippen molar-refractivity contribution in [3.05, 3.63) is 71.5 Å². The molecule has 2 aromatic carbocycles. The van der Waals surface area contributed by atoms with Crippen LogP contribution >= 0.6 is 0 Å². The van der Waals surface area contributed by atoms with Crippen LogP contribution in [-0.4, -0.2) is 33.3 Å². The summed E-state index contributed by atoms with van der Waals surface area (Å²) in [6.07, 6.45) is 4.34. The number of phenols is 1. The van der Waals surface area contributed by atoms with Crippen molar-refractivity contribution in [3.8, 4) is 16.9 Å². The number of phenolic OH excluding ortho intramolecular Hbond substituents is 1. The number of hydrogen-bond acceptors (Lipinski definition) is 3. The fourth-order valence-corrected chi connectivity index (χ4v) is 3.94. The molecule has 0 unspecified atom stereocenters. The van der Waals surface area contributed by atoms with Crippen molar-refractivity contribution in [2.24, 2.45) is 0 Å². The van der Waals surface area contributed by atoms with E-state index in [1.807, 2.05) is 18.3 Å². The molecule has 1 saturated heterocycles. The third-order valence-electron chi connectivity index (χ3n) is 5.25. The van der Waals surface area contributed by atoms with Crippen LogP contribution in [0.3, 0.4) is 0 Å². The summed E-state index contributed by atoms with van der Waals surface area (Å²) in [5.74, 6) is 0.796. The van der Waals surface area contributed by atoms with Crippen LogP contribution < -0.4 is 0 Å². The predicted octanol–water partition coefficient (Wildman–Crippen LogP) is 4.47. The van der Waals surface area contributed by atoms with Crippen LogP contribution in [0.4, 0.5) is 0 Å². The Morgan fingerprint density at radius 3 is 2.85 bits per heavy atom. The normalized spacial score (nSPS) is 18.1. The fraction of sp³-hybridized carbons (Fsp3) is 0.318. The van der Waals surface area contributed by atoms with Gasteiger partial charge in [-0.3, -0.25) is 10.00 Å². The van der Waals surface area contributed by atoms with Crippen LogP contribution in [0.2, 0.25) is 0 Å². The Labute approximate surface area is 154 Å². The maximum absolute atomic E-state index is 9.46. The summed E-state index contributed by atoms with van der Waals surface area (Å²) in [6, 6.07) is 16.2. The monoisotopic (exact) mass is 347 g/mol. The molecule has 0 amide bonds. The number of aromatic nitrogens is 2. The molecule has 1 aromatic heterocycles. The highest BCUT2D eigenvalue weighted by Crippen LogP contribution is 2.33. The first-order valence-electron chi connectivity index (χ1n) is 9.29. The molecule has 0 bridgehead atoms. The number of H-pyrrole nitrogens is 1. The van der Waals surface area contributed by atoms with Gasteiger partial charge in [0.25, 0.3) is 0 Å². The number of aromatic amines is 1. The molecule has 4 rings (SSSR count). The van der Waals surface area contributed by atoms with Gasteiger partial charge in [0, 0.05) is 30.3 Å². The molecule has 0 saturated carbocycles. The van der Waals surface area contributed by atoms with Crippen LogP contribution in [0.1, 0.15) is 35.6 Å². The largest absolute Gasteiger partial charge is 0.508 e. The lowest BCUT2D eigenvalue weighted by molar-refractivity contribution is 0.198. The predicted molar refractivity (Wildman–Crippen MR) is 104 cm³/mol. The molecule has 1 aliphatic rings. The number of hydrogen-bond donors (Lipinski definition) is 2. The lowest BCUT2D eigenvalue weighted by atomic mass is 9.90. The van der Waals surface area contributed by atoms with E-state index < -0.39 is 0 Å². The Kier molecular flexibility index (Phi) is 4.76. The Morgan fingerprint density at radius 1 is 1.19 bits per heavy atom. The van der Waals surface area contributed by atoms with Crippen molar-refractivity contribution in [2.45, 2.75) is 32.2 Å². The highest BCUT2D eigenvalue weighted by Gasteiger charge is 2.25. The maximum Gasteiger partial charge on any atom is 0.115 e. The molecule has 3 aromatic rings. The highest BCUT2D eigenvalue weighted by molar-refractivity contribution is 5.66. The zero-order chi connectivity index (χ0) is 17.9. The average Bonchev–Trinajstić information content (AvgIpc) is 3.14. The number of nitrogens with one attached hydrogen (secondary N) is 1. The minimum atomic E-state index is 0.325. The first-order chi connectivity index (χ1) is 12.7. The zero-order valence-electron chi connectivity index (χ0n) is 15.2. The van der Waals surface area contributed by atoms with Gasteiger partial charge in [0.2, 0.25) is 0 Å². The van der Waals surface area contributed by atoms with Gasteiger partial charge in [-0.1, -0.05) is 42.0 Å². The standard InChI is InChI=1S/C22H25N3O/c1-16-4-2-5-18(12-16)21-13-23-24-22(21)19-6-3-11-25(15-19)14-17-7-9-20(26)10-8-17/h2,4-5,7-10,12-13,19,26H,3,6,11,14-15H2,1H3,(H,23,24)/t19-/m1/s1. The second-order valence-corrected chi connectivity index (χ2v) is 7.31. The lowest BCUT2D eigenvalue weighted by Gasteiger charge is -2.32. The van der Waals surface area contributed by atoms with Crippen molar-refractivity contribution in [2.75, 3.05) is 13.1 Å². The van der Waals surface area contributed by atoms with E-state index >= 15 is 0 Å². The van der Waals surface area contributed by atoms with Crippen molar-refractivity contribution < 1.29 is 5.11 Å². The first kappa shape index (κ1) is 16.9. The lowest BCUT2D eigenvalue weighted by Crippen LogP contribution is -2.34. The van der Waals surface area contributed by atoms with Gasteiger partial charge in [0.1, 0.15) is 5.75 Å². The molecule has 2 N–H and O–H groups in total. The molecule has 1 aliphatic heterocycles. The van der Waals surface area contributed by atoms with Gasteiger partial charge in [-0.25, -0.2) is 0 Å². The summed E-state index contributed by atoms with van der Waals surface area (Å²) in [7, 11) is 0. The summed E-state index contributed by atoms with van der Waals surface area (Å²) in [5, 5.41) is 17.1. The van der Waals surface area contributed by atoms with E-state index in [-0.39, 0.29) is 0 Å². The fourth-order valence-electron chi connectivity index (χ4n) is 3.94. The molecule has 0 aliphatic carbocycles. The summed E-state index contributed by atoms with van der Waals surface area (Å²) >= 11 is 0. The number of rotatable bonds is 4. The molecule has 26 heavy (non-hydrogen) atoms. The minimum Gasteiger partial charge on any atom is -0.508 e. The molecule has 1 atom stereocenters. The van der Waals surface area contributed by atoms with E-state index in [0.717, 1.165) is 19.6 Å². The minimum absolute atomic E-state index is 0.325. The number of nitrogens with zero attached hydrogens (tertiary/aromatic N) is 2. The number of aryl methyl sites for hydroxylation is 1. The third-order valence-corrected chi connectivity index (χ3v) is 5.25. The van der Waals surface area contributed by atoms with Crippen molar-refractivity contribution in [1.29, 1.82) is 0 Å². The summed E-state index contributed by atoms with van der Waals surface area (Å²) in [4.78, 5) is 2.50. The van der Waals surface area contributed by atoms with Crippen molar-refractivity contribution >= 4 is 0 Å². The molecule has 4 nitrogen and oxygen atoms in total. The highest BCUT2D eigenvalue weighted by atomic mass is 16.3. The molecule has 2 heterocycles. The Hall–Kier alpha value is -2.59. The summed E-state index contributed by atoms with van der Waals surface area (Å²) < 4.78 is 0. The van der Waals surface area contributed by atoms with Gasteiger partial charge in [-0.05, 0) is 49.6 Å². The van der Waals surface area contributed by atoms with E-state index in [1.165, 1.54) is 40.8 Å². The Balaban J connectivity index is 1.52. The van der Waals surface area contributed by atoms with Gasteiger partial charge < -0.3 is 5.11 Å². The smallest absolute Gasteiger partial charge is 0.115 e. The van der Waals surface area contributed by atoms with E-state index in [2.05, 4.69) is 46.3 Å². The molecule has 0 spiro atoms. The second kappa shape index (κ2) is 7.34. The first-order valence-corrected chi connectivity index (χ1v) is 9.29. The van der Waals surface area contributed by atoms with Crippen LogP contribution in [0, 0.1) is 6.92 Å². The summed E-state index contributed by atoms with van der Waals surface area (Å²) in [5.41, 5.74) is 6.24. The Bertz CT molecular complexity index is 869. The maximum atomic E-state index is 9.46. The SMILES string of the molecule is Cc1cccc(-c2cn[nH]c2[C@@H]2CCCN(Cc3ccc(O)cc3)C2)c1. The van der Waals surface area contributed by atoms with Gasteiger partial charge in [0.05, 0.1) is 6.20 Å². The number of piperidine rings is 1. The van der Waals surface area contributed by atoms with Crippen LogP contribution in [0.25, 0.3) is 11.1 Å². The molecule has 134 valence electrons. The van der Waals surface area contributed by atoms with E-state index in [0.29, 0.717) is 11.7 Å². The topological polar surface area (TPSA) is 52.2 Å². The van der Waals surface area contributed by atoms with Gasteiger partial charge in [0.15, 0.2) is 0 Å². The van der Waals surface area contributed by atoms with Crippen LogP contribution in [0.15, 0.2) is 54.7 Å². The molecule has 4 heteroatoms. The molecule has 0 radical (unpaired) electrons. The van der Waals surface area contributed by atoms with E-state index in [9.17, 15) is 5.11 Å². The average molecular weight is 347 g/mol. The van der Waals surface area contributed by atoms with E-state index in [1.54, 1.807) is 12.1 Å². The Morgan fingerprint density at radius 2 is 2.04 bits per heavy atom. The molecule has 1 fully saturated rings. The van der Waals surface area contributed by atoms with Gasteiger partial charge >= 0.3 is 0 Å². The number of likely N-dealkylation sites (tertiary alicyclic amines) is 1. The molecular weight excluding hydrogens is 322 g/mol. The zero-order valence-corrected chi connectivity index (χ0v) is 15.2. The van der Waals surface area contributed by atoms with Crippen molar-refractivity contribution in [1.82, 2.24) is 15.1 Å². The van der Waals surface area contributed by atoms with E-state index in [4.69, 9.17) is 0 Å². The van der Waals surface area contributed by atoms with Crippen LogP contribution in [-0.2, 0) is 6.54 Å². The number of aromatic hydroxyl groups is 1. The number of benzene rings is 2. The van der Waals surface area contributed by atoms with Crippen molar-refractivity contribution in [3.63, 3.8) is 0 Å². The second-order valence-electron chi connectivity index (χ2n) is 7.31. The quantitative estimate of drug-likeness (QED) is 0.732.